The second-order valence-electron chi connectivity index (χ2n) is 5.45. The van der Waals surface area contributed by atoms with E-state index in [0.717, 1.165) is 0 Å². The Morgan fingerprint density at radius 3 is 1.95 bits per heavy atom. The van der Waals surface area contributed by atoms with Crippen molar-refractivity contribution in [1.82, 2.24) is 0 Å². The maximum Gasteiger partial charge on any atom is 0.573 e. The van der Waals surface area contributed by atoms with Crippen molar-refractivity contribution in [2.24, 2.45) is 11.1 Å². The van der Waals surface area contributed by atoms with Gasteiger partial charge in [-0.05, 0) is 23.1 Å². The second kappa shape index (κ2) is 5.38. The van der Waals surface area contributed by atoms with Crippen molar-refractivity contribution in [3.8, 4) is 5.75 Å². The molecule has 0 aliphatic heterocycles. The topological polar surface area (TPSA) is 55.5 Å². The van der Waals surface area contributed by atoms with Gasteiger partial charge in [0.15, 0.2) is 0 Å². The lowest BCUT2D eigenvalue weighted by Crippen LogP contribution is -2.36. The number of halogens is 3. The summed E-state index contributed by atoms with van der Waals surface area (Å²) < 4.78 is 39.8. The minimum Gasteiger partial charge on any atom is -0.406 e. The molecule has 1 rings (SSSR count). The summed E-state index contributed by atoms with van der Waals surface area (Å²) in [7, 11) is 0. The molecule has 0 heterocycles. The molecule has 1 aromatic rings. The molecule has 0 amide bonds. The number of aliphatic hydroxyl groups excluding tert-OH is 1. The third kappa shape index (κ3) is 4.72. The maximum absolute atomic E-state index is 12.0. The molecule has 6 heteroatoms. The molecule has 108 valence electrons. The van der Waals surface area contributed by atoms with Gasteiger partial charge in [-0.2, -0.15) is 0 Å². The van der Waals surface area contributed by atoms with Crippen LogP contribution in [-0.4, -0.2) is 17.6 Å². The van der Waals surface area contributed by atoms with Crippen LogP contribution in [0.5, 0.6) is 5.75 Å². The van der Waals surface area contributed by atoms with E-state index in [9.17, 15) is 18.3 Å². The molecular formula is C13H18F3NO2. The number of alkyl halides is 3. The molecule has 2 atom stereocenters. The molecule has 0 aliphatic rings. The molecule has 0 radical (unpaired) electrons. The highest BCUT2D eigenvalue weighted by atomic mass is 19.4. The van der Waals surface area contributed by atoms with Crippen molar-refractivity contribution in [3.05, 3.63) is 29.8 Å². The van der Waals surface area contributed by atoms with Crippen molar-refractivity contribution < 1.29 is 23.0 Å². The van der Waals surface area contributed by atoms with Crippen LogP contribution in [0.1, 0.15) is 32.4 Å². The Hall–Kier alpha value is -1.27. The molecule has 3 nitrogen and oxygen atoms in total. The van der Waals surface area contributed by atoms with Gasteiger partial charge in [-0.15, -0.1) is 13.2 Å². The Labute approximate surface area is 110 Å². The van der Waals surface area contributed by atoms with E-state index in [1.165, 1.54) is 24.3 Å². The first-order valence-corrected chi connectivity index (χ1v) is 5.80. The first-order chi connectivity index (χ1) is 8.50. The Morgan fingerprint density at radius 2 is 1.58 bits per heavy atom. The monoisotopic (exact) mass is 277 g/mol. The van der Waals surface area contributed by atoms with Crippen LogP contribution in [0.2, 0.25) is 0 Å². The molecule has 1 aromatic carbocycles. The van der Waals surface area contributed by atoms with E-state index in [2.05, 4.69) is 4.74 Å². The first-order valence-electron chi connectivity index (χ1n) is 5.80. The summed E-state index contributed by atoms with van der Waals surface area (Å²) in [6.07, 6.45) is -5.52. The summed E-state index contributed by atoms with van der Waals surface area (Å²) in [4.78, 5) is 0. The van der Waals surface area contributed by atoms with Gasteiger partial charge in [-0.1, -0.05) is 32.9 Å². The molecule has 0 bridgehead atoms. The van der Waals surface area contributed by atoms with Crippen LogP contribution < -0.4 is 10.5 Å². The van der Waals surface area contributed by atoms with Crippen LogP contribution in [0, 0.1) is 5.41 Å². The lowest BCUT2D eigenvalue weighted by atomic mass is 9.82. The Balaban J connectivity index is 2.82. The highest BCUT2D eigenvalue weighted by Gasteiger charge is 2.32. The second-order valence-corrected chi connectivity index (χ2v) is 5.45. The zero-order chi connectivity index (χ0) is 14.8. The quantitative estimate of drug-likeness (QED) is 0.893. The van der Waals surface area contributed by atoms with E-state index in [1.807, 2.05) is 20.8 Å². The van der Waals surface area contributed by atoms with E-state index in [4.69, 9.17) is 5.73 Å². The molecule has 0 aromatic heterocycles. The Kier molecular flexibility index (Phi) is 4.47. The van der Waals surface area contributed by atoms with Crippen molar-refractivity contribution >= 4 is 0 Å². The number of benzene rings is 1. The van der Waals surface area contributed by atoms with Gasteiger partial charge in [0.05, 0.1) is 12.1 Å². The van der Waals surface area contributed by atoms with Crippen LogP contribution in [0.25, 0.3) is 0 Å². The number of hydrogen-bond acceptors (Lipinski definition) is 3. The fourth-order valence-electron chi connectivity index (χ4n) is 1.61. The van der Waals surface area contributed by atoms with Gasteiger partial charge in [-0.3, -0.25) is 0 Å². The molecule has 0 aliphatic carbocycles. The minimum absolute atomic E-state index is 0.311. The van der Waals surface area contributed by atoms with E-state index >= 15 is 0 Å². The highest BCUT2D eigenvalue weighted by Crippen LogP contribution is 2.30. The van der Waals surface area contributed by atoms with E-state index in [-0.39, 0.29) is 5.75 Å². The van der Waals surface area contributed by atoms with Crippen molar-refractivity contribution in [1.29, 1.82) is 0 Å². The summed E-state index contributed by atoms with van der Waals surface area (Å²) in [6, 6.07) is 4.53. The largest absolute Gasteiger partial charge is 0.573 e. The molecule has 3 N–H and O–H groups in total. The molecule has 0 saturated heterocycles. The van der Waals surface area contributed by atoms with Gasteiger partial charge in [-0.25, -0.2) is 0 Å². The Bertz CT molecular complexity index is 409. The molecule has 0 fully saturated rings. The van der Waals surface area contributed by atoms with Crippen molar-refractivity contribution in [3.63, 3.8) is 0 Å². The van der Waals surface area contributed by atoms with Crippen molar-refractivity contribution in [2.45, 2.75) is 39.3 Å². The molecule has 19 heavy (non-hydrogen) atoms. The lowest BCUT2D eigenvalue weighted by molar-refractivity contribution is -0.274. The minimum atomic E-state index is -4.71. The summed E-state index contributed by atoms with van der Waals surface area (Å²) in [5.41, 5.74) is 6.03. The lowest BCUT2D eigenvalue weighted by Gasteiger charge is -2.31. The fourth-order valence-corrected chi connectivity index (χ4v) is 1.61. The standard InChI is InChI=1S/C13H18F3NO2/c1-12(2,3)11(18)10(17)8-4-6-9(7-5-8)19-13(14,15)16/h4-7,10-11,18H,17H2,1-3H3/t10-,11-/m0/s1. The predicted molar refractivity (Wildman–Crippen MR) is 65.5 cm³/mol. The van der Waals surface area contributed by atoms with Crippen LogP contribution >= 0.6 is 0 Å². The number of ether oxygens (including phenoxy) is 1. The molecule has 0 unspecified atom stereocenters. The molecule has 0 saturated carbocycles. The van der Waals surface area contributed by atoms with Gasteiger partial charge >= 0.3 is 6.36 Å². The van der Waals surface area contributed by atoms with E-state index in [1.54, 1.807) is 0 Å². The third-order valence-corrected chi connectivity index (χ3v) is 2.73. The average molecular weight is 277 g/mol. The van der Waals surface area contributed by atoms with E-state index < -0.39 is 23.9 Å². The predicted octanol–water partition coefficient (Wildman–Crippen LogP) is 2.99. The fraction of sp³-hybridized carbons (Fsp3) is 0.538. The van der Waals surface area contributed by atoms with Gasteiger partial charge < -0.3 is 15.6 Å². The summed E-state index contributed by atoms with van der Waals surface area (Å²) in [5, 5.41) is 10.0. The van der Waals surface area contributed by atoms with Crippen LogP contribution in [0.15, 0.2) is 24.3 Å². The maximum atomic E-state index is 12.0. The van der Waals surface area contributed by atoms with Gasteiger partial charge in [0, 0.05) is 0 Å². The zero-order valence-corrected chi connectivity index (χ0v) is 11.0. The molecular weight excluding hydrogens is 259 g/mol. The summed E-state index contributed by atoms with van der Waals surface area (Å²) in [5.74, 6) is -0.311. The van der Waals surface area contributed by atoms with Gasteiger partial charge in [0.25, 0.3) is 0 Å². The van der Waals surface area contributed by atoms with Crippen LogP contribution in [0.4, 0.5) is 13.2 Å². The highest BCUT2D eigenvalue weighted by molar-refractivity contribution is 5.30. The third-order valence-electron chi connectivity index (χ3n) is 2.73. The number of hydrogen-bond donors (Lipinski definition) is 2. The van der Waals surface area contributed by atoms with Crippen molar-refractivity contribution in [2.75, 3.05) is 0 Å². The SMILES string of the molecule is CC(C)(C)[C@@H](O)[C@@H](N)c1ccc(OC(F)(F)F)cc1. The smallest absolute Gasteiger partial charge is 0.406 e. The van der Waals surface area contributed by atoms with Crippen LogP contribution in [0.3, 0.4) is 0 Å². The number of rotatable bonds is 3. The normalized spacial score (nSPS) is 16.0. The number of nitrogens with two attached hydrogens (primary N) is 1. The zero-order valence-electron chi connectivity index (χ0n) is 11.0. The van der Waals surface area contributed by atoms with Gasteiger partial charge in [0.1, 0.15) is 5.75 Å². The van der Waals surface area contributed by atoms with Gasteiger partial charge in [0.2, 0.25) is 0 Å². The number of aliphatic hydroxyl groups is 1. The Morgan fingerprint density at radius 1 is 1.11 bits per heavy atom. The molecule has 0 spiro atoms. The van der Waals surface area contributed by atoms with E-state index in [0.29, 0.717) is 5.56 Å². The summed E-state index contributed by atoms with van der Waals surface area (Å²) in [6.45, 7) is 5.50. The summed E-state index contributed by atoms with van der Waals surface area (Å²) >= 11 is 0. The first kappa shape index (κ1) is 15.8. The average Bonchev–Trinajstić information content (AvgIpc) is 2.24. The van der Waals surface area contributed by atoms with Crippen LogP contribution in [-0.2, 0) is 0 Å².